The minimum absolute atomic E-state index is 0.0191. The highest BCUT2D eigenvalue weighted by Crippen LogP contribution is 2.26. The van der Waals surface area contributed by atoms with Crippen LogP contribution >= 0.6 is 0 Å². The first kappa shape index (κ1) is 41.7. The molecule has 0 aromatic rings. The van der Waals surface area contributed by atoms with Crippen LogP contribution in [-0.2, 0) is 28.8 Å². The van der Waals surface area contributed by atoms with Crippen LogP contribution in [0.2, 0.25) is 0 Å². The van der Waals surface area contributed by atoms with E-state index in [9.17, 15) is 33.9 Å². The fourth-order valence-electron chi connectivity index (χ4n) is 7.13. The Hall–Kier alpha value is -4.68. The normalized spacial score (nSPS) is 21.7. The Morgan fingerprint density at radius 2 is 1.23 bits per heavy atom. The van der Waals surface area contributed by atoms with E-state index in [1.807, 2.05) is 13.8 Å². The van der Waals surface area contributed by atoms with Gasteiger partial charge in [0.25, 0.3) is 0 Å². The number of carboxylic acids is 1. The van der Waals surface area contributed by atoms with Crippen molar-refractivity contribution in [1.82, 2.24) is 25.3 Å². The summed E-state index contributed by atoms with van der Waals surface area (Å²) in [4.78, 5) is 92.4. The molecule has 6 unspecified atom stereocenters. The summed E-state index contributed by atoms with van der Waals surface area (Å²) >= 11 is 0. The van der Waals surface area contributed by atoms with Crippen LogP contribution in [-0.4, -0.2) is 136 Å². The number of amides is 5. The third kappa shape index (κ3) is 11.7. The molecule has 52 heavy (non-hydrogen) atoms. The average molecular weight is 735 g/mol. The average Bonchev–Trinajstić information content (AvgIpc) is 3.87. The Kier molecular flexibility index (Phi) is 15.9. The maximum absolute atomic E-state index is 13.9. The molecule has 3 saturated heterocycles. The molecule has 292 valence electrons. The van der Waals surface area contributed by atoms with Crippen LogP contribution in [0.1, 0.15) is 84.5 Å². The van der Waals surface area contributed by atoms with E-state index in [1.165, 1.54) is 14.7 Å². The maximum Gasteiger partial charge on any atom is 0.326 e. The minimum Gasteiger partial charge on any atom is -0.480 e. The van der Waals surface area contributed by atoms with E-state index in [0.29, 0.717) is 77.4 Å². The van der Waals surface area contributed by atoms with Gasteiger partial charge in [0.15, 0.2) is 11.9 Å². The number of carbonyl (C=O) groups excluding carboxylic acids is 5. The number of aliphatic carboxylic acids is 1. The molecule has 3 aliphatic rings. The SMILES string of the molecule is CC(C)CC(NC(=O)C(CCCN=C(N)N)NC(=O)C1CCCN1C(=O)C1CCCN1C(=O)C(N)CCCN=C(N)N)C(=O)N1CCCC1C(=O)O. The molecule has 3 heterocycles. The van der Waals surface area contributed by atoms with Gasteiger partial charge in [0.2, 0.25) is 29.5 Å². The van der Waals surface area contributed by atoms with Crippen LogP contribution in [0.5, 0.6) is 0 Å². The molecule has 0 radical (unpaired) electrons. The van der Waals surface area contributed by atoms with Crippen LogP contribution in [0.25, 0.3) is 0 Å². The number of carbonyl (C=O) groups is 6. The Bertz CT molecular complexity index is 1350. The quantitative estimate of drug-likeness (QED) is 0.0412. The summed E-state index contributed by atoms with van der Waals surface area (Å²) in [6.45, 7) is 5.19. The second kappa shape index (κ2) is 19.8. The number of nitrogens with two attached hydrogens (primary N) is 5. The lowest BCUT2D eigenvalue weighted by Crippen LogP contribution is -2.59. The molecule has 0 saturated carbocycles. The second-order valence-electron chi connectivity index (χ2n) is 14.2. The van der Waals surface area contributed by atoms with E-state index in [2.05, 4.69) is 20.6 Å². The molecule has 0 aromatic heterocycles. The van der Waals surface area contributed by atoms with Crippen molar-refractivity contribution in [3.05, 3.63) is 0 Å². The van der Waals surface area contributed by atoms with Crippen molar-refractivity contribution in [3.8, 4) is 0 Å². The first-order valence-electron chi connectivity index (χ1n) is 18.2. The van der Waals surface area contributed by atoms with Crippen molar-refractivity contribution in [2.24, 2.45) is 44.6 Å². The van der Waals surface area contributed by atoms with Gasteiger partial charge in [-0.3, -0.25) is 34.0 Å². The highest BCUT2D eigenvalue weighted by Gasteiger charge is 2.44. The van der Waals surface area contributed by atoms with E-state index in [-0.39, 0.29) is 55.6 Å². The predicted molar refractivity (Wildman–Crippen MR) is 193 cm³/mol. The number of hydrogen-bond acceptors (Lipinski definition) is 9. The van der Waals surface area contributed by atoms with Crippen molar-refractivity contribution < 1.29 is 33.9 Å². The molecule has 5 amide bonds. The van der Waals surface area contributed by atoms with Crippen molar-refractivity contribution in [3.63, 3.8) is 0 Å². The number of likely N-dealkylation sites (tertiary alicyclic amines) is 3. The zero-order valence-electron chi connectivity index (χ0n) is 30.4. The maximum atomic E-state index is 13.9. The molecule has 0 bridgehead atoms. The molecule has 3 rings (SSSR count). The fraction of sp³-hybridized carbons (Fsp3) is 0.758. The van der Waals surface area contributed by atoms with E-state index in [4.69, 9.17) is 28.7 Å². The molecule has 13 N–H and O–H groups in total. The van der Waals surface area contributed by atoms with E-state index >= 15 is 0 Å². The molecule has 19 heteroatoms. The van der Waals surface area contributed by atoms with Crippen LogP contribution in [0.4, 0.5) is 0 Å². The predicted octanol–water partition coefficient (Wildman–Crippen LogP) is -2.51. The van der Waals surface area contributed by atoms with Crippen molar-refractivity contribution >= 4 is 47.4 Å². The van der Waals surface area contributed by atoms with Gasteiger partial charge in [-0.15, -0.1) is 0 Å². The van der Waals surface area contributed by atoms with Crippen LogP contribution in [0, 0.1) is 5.92 Å². The lowest BCUT2D eigenvalue weighted by atomic mass is 10.0. The Balaban J connectivity index is 1.74. The van der Waals surface area contributed by atoms with Gasteiger partial charge in [-0.25, -0.2) is 4.79 Å². The Labute approximate surface area is 304 Å². The Morgan fingerprint density at radius 1 is 0.712 bits per heavy atom. The number of carboxylic acid groups (broad SMARTS) is 1. The lowest BCUT2D eigenvalue weighted by molar-refractivity contribution is -0.149. The number of nitrogens with zero attached hydrogens (tertiary/aromatic N) is 5. The summed E-state index contributed by atoms with van der Waals surface area (Å²) in [5, 5.41) is 15.2. The topological polar surface area (TPSA) is 311 Å². The highest BCUT2D eigenvalue weighted by atomic mass is 16.4. The number of nitrogens with one attached hydrogen (secondary N) is 2. The monoisotopic (exact) mass is 734 g/mol. The highest BCUT2D eigenvalue weighted by molar-refractivity contribution is 5.97. The minimum atomic E-state index is -1.11. The van der Waals surface area contributed by atoms with Gasteiger partial charge in [0.1, 0.15) is 30.2 Å². The molecule has 6 atom stereocenters. The molecule has 19 nitrogen and oxygen atoms in total. The summed E-state index contributed by atoms with van der Waals surface area (Å²) in [7, 11) is 0. The third-order valence-electron chi connectivity index (χ3n) is 9.67. The zero-order chi connectivity index (χ0) is 38.5. The number of hydrogen-bond donors (Lipinski definition) is 8. The van der Waals surface area contributed by atoms with Crippen molar-refractivity contribution in [2.75, 3.05) is 32.7 Å². The smallest absolute Gasteiger partial charge is 0.326 e. The van der Waals surface area contributed by atoms with Crippen LogP contribution in [0.3, 0.4) is 0 Å². The summed E-state index contributed by atoms with van der Waals surface area (Å²) in [5.41, 5.74) is 27.8. The Morgan fingerprint density at radius 3 is 1.79 bits per heavy atom. The second-order valence-corrected chi connectivity index (χ2v) is 14.2. The van der Waals surface area contributed by atoms with Gasteiger partial charge in [-0.2, -0.15) is 0 Å². The van der Waals surface area contributed by atoms with Gasteiger partial charge in [0.05, 0.1) is 6.04 Å². The molecule has 3 fully saturated rings. The number of aliphatic imine (C=N–C) groups is 2. The van der Waals surface area contributed by atoms with Crippen LogP contribution < -0.4 is 39.3 Å². The summed E-state index contributed by atoms with van der Waals surface area (Å²) in [6, 6.07) is -5.61. The largest absolute Gasteiger partial charge is 0.480 e. The lowest BCUT2D eigenvalue weighted by Gasteiger charge is -2.33. The molecular weight excluding hydrogens is 676 g/mol. The summed E-state index contributed by atoms with van der Waals surface area (Å²) < 4.78 is 0. The van der Waals surface area contributed by atoms with E-state index < -0.39 is 59.9 Å². The summed E-state index contributed by atoms with van der Waals surface area (Å²) in [6.07, 6.45) is 4.28. The van der Waals surface area contributed by atoms with Gasteiger partial charge in [-0.1, -0.05) is 13.8 Å². The van der Waals surface area contributed by atoms with Gasteiger partial charge in [0, 0.05) is 32.7 Å². The van der Waals surface area contributed by atoms with Crippen LogP contribution in [0.15, 0.2) is 9.98 Å². The molecule has 0 aromatic carbocycles. The number of rotatable bonds is 18. The molecular formula is C33H58N12O7. The van der Waals surface area contributed by atoms with E-state index in [0.717, 1.165) is 0 Å². The third-order valence-corrected chi connectivity index (χ3v) is 9.67. The van der Waals surface area contributed by atoms with Crippen molar-refractivity contribution in [1.29, 1.82) is 0 Å². The number of guanidine groups is 2. The fourth-order valence-corrected chi connectivity index (χ4v) is 7.13. The zero-order valence-corrected chi connectivity index (χ0v) is 30.4. The van der Waals surface area contributed by atoms with Gasteiger partial charge < -0.3 is 59.1 Å². The first-order valence-corrected chi connectivity index (χ1v) is 18.2. The standard InChI is InChI=1S/C33H58N12O7/c1-19(2)18-22(29(49)45-17-7-12-25(45)31(51)52)42-26(46)21(9-4-14-40-33(37)38)41-27(47)23-10-5-15-43(23)30(50)24-11-6-16-44(24)28(48)20(34)8-3-13-39-32(35)36/h19-25H,3-18,34H2,1-2H3,(H,41,47)(H,42,46)(H,51,52)(H4,35,36,39)(H4,37,38,40). The molecule has 0 spiro atoms. The van der Waals surface area contributed by atoms with Gasteiger partial charge >= 0.3 is 5.97 Å². The molecule has 3 aliphatic heterocycles. The van der Waals surface area contributed by atoms with Crippen molar-refractivity contribution in [2.45, 2.75) is 121 Å². The molecule has 0 aliphatic carbocycles. The van der Waals surface area contributed by atoms with E-state index in [1.54, 1.807) is 0 Å². The van der Waals surface area contributed by atoms with Gasteiger partial charge in [-0.05, 0) is 76.5 Å². The summed E-state index contributed by atoms with van der Waals surface area (Å²) in [5.74, 6) is -3.67. The first-order chi connectivity index (χ1) is 24.6.